The molecule has 1 aromatic rings. The molecule has 0 unspecified atom stereocenters. The van der Waals surface area contributed by atoms with Gasteiger partial charge in [0.1, 0.15) is 0 Å². The standard InChI is InChI=1S/C9H13N3O2/c1-5-4-8(7(3)13)6(2)12(5)11-9(10)14/h4H,1-3H3,(H3,10,11,14). The number of amides is 2. The van der Waals surface area contributed by atoms with Gasteiger partial charge in [-0.15, -0.1) is 0 Å². The number of aromatic nitrogens is 1. The van der Waals surface area contributed by atoms with E-state index in [2.05, 4.69) is 5.43 Å². The van der Waals surface area contributed by atoms with Crippen molar-refractivity contribution in [2.24, 2.45) is 5.73 Å². The van der Waals surface area contributed by atoms with E-state index in [1.165, 1.54) is 11.6 Å². The third-order valence-electron chi connectivity index (χ3n) is 2.03. The predicted molar refractivity (Wildman–Crippen MR) is 52.9 cm³/mol. The number of primary amides is 1. The van der Waals surface area contributed by atoms with E-state index in [0.717, 1.165) is 5.69 Å². The molecule has 76 valence electrons. The second-order valence-electron chi connectivity index (χ2n) is 3.15. The Hall–Kier alpha value is -1.78. The van der Waals surface area contributed by atoms with E-state index in [-0.39, 0.29) is 5.78 Å². The van der Waals surface area contributed by atoms with Gasteiger partial charge in [0.15, 0.2) is 5.78 Å². The maximum atomic E-state index is 11.2. The van der Waals surface area contributed by atoms with Crippen LogP contribution in [0.5, 0.6) is 0 Å². The van der Waals surface area contributed by atoms with E-state index >= 15 is 0 Å². The third-order valence-corrected chi connectivity index (χ3v) is 2.03. The highest BCUT2D eigenvalue weighted by Crippen LogP contribution is 2.13. The molecule has 1 heterocycles. The van der Waals surface area contributed by atoms with Crippen LogP contribution in [0, 0.1) is 13.8 Å². The first kappa shape index (κ1) is 10.3. The Morgan fingerprint density at radius 3 is 2.36 bits per heavy atom. The van der Waals surface area contributed by atoms with E-state index in [0.29, 0.717) is 11.3 Å². The number of urea groups is 1. The van der Waals surface area contributed by atoms with Crippen molar-refractivity contribution in [3.8, 4) is 0 Å². The van der Waals surface area contributed by atoms with Gasteiger partial charge in [0, 0.05) is 17.0 Å². The summed E-state index contributed by atoms with van der Waals surface area (Å²) in [6.45, 7) is 5.02. The molecule has 0 fully saturated rings. The minimum Gasteiger partial charge on any atom is -0.350 e. The number of carbonyl (C=O) groups excluding carboxylic acids is 2. The van der Waals surface area contributed by atoms with E-state index in [9.17, 15) is 9.59 Å². The molecule has 0 radical (unpaired) electrons. The zero-order valence-corrected chi connectivity index (χ0v) is 8.42. The minimum atomic E-state index is -0.651. The average molecular weight is 195 g/mol. The second kappa shape index (κ2) is 3.53. The summed E-state index contributed by atoms with van der Waals surface area (Å²) < 4.78 is 1.50. The largest absolute Gasteiger partial charge is 0.350 e. The van der Waals surface area contributed by atoms with Gasteiger partial charge in [-0.1, -0.05) is 0 Å². The lowest BCUT2D eigenvalue weighted by Crippen LogP contribution is -2.29. The zero-order valence-electron chi connectivity index (χ0n) is 8.42. The van der Waals surface area contributed by atoms with Crippen LogP contribution in [0.15, 0.2) is 6.07 Å². The molecule has 3 N–H and O–H groups in total. The Labute approximate surface area is 81.9 Å². The number of Topliss-reactive ketones (excluding diaryl/α,β-unsaturated/α-hetero) is 1. The highest BCUT2D eigenvalue weighted by molar-refractivity contribution is 5.95. The summed E-state index contributed by atoms with van der Waals surface area (Å²) in [5.74, 6) is -0.0318. The molecule has 0 aliphatic heterocycles. The lowest BCUT2D eigenvalue weighted by Gasteiger charge is -2.08. The van der Waals surface area contributed by atoms with Crippen LogP contribution in [-0.4, -0.2) is 16.5 Å². The molecule has 0 saturated carbocycles. The highest BCUT2D eigenvalue weighted by Gasteiger charge is 2.12. The SMILES string of the molecule is CC(=O)c1cc(C)n(NC(N)=O)c1C. The second-order valence-corrected chi connectivity index (χ2v) is 3.15. The van der Waals surface area contributed by atoms with Crippen LogP contribution in [0.4, 0.5) is 4.79 Å². The molecule has 0 atom stereocenters. The molecular formula is C9H13N3O2. The third kappa shape index (κ3) is 1.76. The summed E-state index contributed by atoms with van der Waals surface area (Å²) in [4.78, 5) is 21.8. The smallest absolute Gasteiger partial charge is 0.331 e. The monoisotopic (exact) mass is 195 g/mol. The van der Waals surface area contributed by atoms with Crippen molar-refractivity contribution in [2.75, 3.05) is 5.43 Å². The fraction of sp³-hybridized carbons (Fsp3) is 0.333. The van der Waals surface area contributed by atoms with Crippen molar-refractivity contribution in [1.29, 1.82) is 0 Å². The first-order valence-electron chi connectivity index (χ1n) is 4.20. The predicted octanol–water partition coefficient (Wildman–Crippen LogP) is 0.930. The Bertz CT molecular complexity index is 393. The summed E-state index contributed by atoms with van der Waals surface area (Å²) in [7, 11) is 0. The van der Waals surface area contributed by atoms with Gasteiger partial charge in [-0.3, -0.25) is 9.47 Å². The molecule has 0 aliphatic carbocycles. The van der Waals surface area contributed by atoms with Crippen molar-refractivity contribution in [3.63, 3.8) is 0 Å². The molecule has 2 amide bonds. The van der Waals surface area contributed by atoms with Crippen LogP contribution >= 0.6 is 0 Å². The lowest BCUT2D eigenvalue weighted by atomic mass is 10.2. The number of nitrogens with one attached hydrogen (secondary N) is 1. The number of hydrogen-bond donors (Lipinski definition) is 2. The zero-order chi connectivity index (χ0) is 10.9. The molecule has 1 aromatic heterocycles. The van der Waals surface area contributed by atoms with Crippen LogP contribution in [0.25, 0.3) is 0 Å². The lowest BCUT2D eigenvalue weighted by molar-refractivity contribution is 0.101. The number of nitrogens with zero attached hydrogens (tertiary/aromatic N) is 1. The maximum absolute atomic E-state index is 11.2. The Balaban J connectivity index is 3.17. The molecule has 0 bridgehead atoms. The molecule has 5 nitrogen and oxygen atoms in total. The molecule has 5 heteroatoms. The first-order chi connectivity index (χ1) is 6.43. The highest BCUT2D eigenvalue weighted by atomic mass is 16.2. The quantitative estimate of drug-likeness (QED) is 0.688. The van der Waals surface area contributed by atoms with Crippen LogP contribution in [-0.2, 0) is 0 Å². The average Bonchev–Trinajstić information content (AvgIpc) is 2.31. The summed E-state index contributed by atoms with van der Waals surface area (Å²) in [5.41, 5.74) is 9.46. The number of nitrogens with two attached hydrogens (primary N) is 1. The number of rotatable bonds is 2. The summed E-state index contributed by atoms with van der Waals surface area (Å²) >= 11 is 0. The molecule has 14 heavy (non-hydrogen) atoms. The van der Waals surface area contributed by atoms with Crippen molar-refractivity contribution >= 4 is 11.8 Å². The molecular weight excluding hydrogens is 182 g/mol. The maximum Gasteiger partial charge on any atom is 0.331 e. The van der Waals surface area contributed by atoms with Crippen molar-refractivity contribution < 1.29 is 9.59 Å². The van der Waals surface area contributed by atoms with Gasteiger partial charge in [-0.25, -0.2) is 10.2 Å². The van der Waals surface area contributed by atoms with E-state index in [4.69, 9.17) is 5.73 Å². The Kier molecular flexibility index (Phi) is 2.60. The Morgan fingerprint density at radius 1 is 1.43 bits per heavy atom. The number of aryl methyl sites for hydroxylation is 1. The van der Waals surface area contributed by atoms with E-state index in [1.807, 2.05) is 0 Å². The van der Waals surface area contributed by atoms with Gasteiger partial charge < -0.3 is 5.73 Å². The Morgan fingerprint density at radius 2 is 2.00 bits per heavy atom. The summed E-state index contributed by atoms with van der Waals surface area (Å²) in [5, 5.41) is 0. The van der Waals surface area contributed by atoms with Crippen molar-refractivity contribution in [1.82, 2.24) is 4.68 Å². The van der Waals surface area contributed by atoms with Gasteiger partial charge in [0.05, 0.1) is 0 Å². The van der Waals surface area contributed by atoms with Gasteiger partial charge in [-0.05, 0) is 26.8 Å². The normalized spacial score (nSPS) is 9.93. The van der Waals surface area contributed by atoms with Crippen LogP contribution in [0.3, 0.4) is 0 Å². The molecule has 0 spiro atoms. The molecule has 1 rings (SSSR count). The minimum absolute atomic E-state index is 0.0318. The van der Waals surface area contributed by atoms with Crippen molar-refractivity contribution in [2.45, 2.75) is 20.8 Å². The summed E-state index contributed by atoms with van der Waals surface area (Å²) in [6.07, 6.45) is 0. The van der Waals surface area contributed by atoms with E-state index < -0.39 is 6.03 Å². The van der Waals surface area contributed by atoms with Gasteiger partial charge in [0.2, 0.25) is 0 Å². The van der Waals surface area contributed by atoms with Crippen LogP contribution < -0.4 is 11.2 Å². The number of ketones is 1. The van der Waals surface area contributed by atoms with E-state index in [1.54, 1.807) is 19.9 Å². The molecule has 0 saturated heterocycles. The molecule has 0 aliphatic rings. The van der Waals surface area contributed by atoms with Crippen LogP contribution in [0.1, 0.15) is 28.7 Å². The van der Waals surface area contributed by atoms with Crippen LogP contribution in [0.2, 0.25) is 0 Å². The fourth-order valence-corrected chi connectivity index (χ4v) is 1.40. The fourth-order valence-electron chi connectivity index (χ4n) is 1.40. The first-order valence-corrected chi connectivity index (χ1v) is 4.20. The number of carbonyl (C=O) groups is 2. The number of hydrogen-bond acceptors (Lipinski definition) is 2. The van der Waals surface area contributed by atoms with Gasteiger partial charge >= 0.3 is 6.03 Å². The topological polar surface area (TPSA) is 77.1 Å². The summed E-state index contributed by atoms with van der Waals surface area (Å²) in [6, 6.07) is 1.06. The van der Waals surface area contributed by atoms with Crippen molar-refractivity contribution in [3.05, 3.63) is 23.0 Å². The van der Waals surface area contributed by atoms with Gasteiger partial charge in [0.25, 0.3) is 0 Å². The molecule has 0 aromatic carbocycles. The van der Waals surface area contributed by atoms with Gasteiger partial charge in [-0.2, -0.15) is 0 Å².